The number of nitrogens with one attached hydrogen (secondary N) is 3. The fourth-order valence-electron chi connectivity index (χ4n) is 3.78. The minimum Gasteiger partial charge on any atom is -0.394 e. The standard InChI is InChI=1S/C21H22ClN3O3/c22-14-5-6-17-13(7-14)9-19(24-17)21(28)25-18-8-12-3-1-2-4-16(12)20(18)23-10-15(27)11-26/h1-7,9,15,18,20,23-24,26-27H,8,10-11H2,(H,25,28)/t15-,18?,20-/m1/s1. The second-order valence-corrected chi connectivity index (χ2v) is 7.56. The topological polar surface area (TPSA) is 97.4 Å². The van der Waals surface area contributed by atoms with E-state index < -0.39 is 6.10 Å². The van der Waals surface area contributed by atoms with E-state index in [0.717, 1.165) is 22.0 Å². The van der Waals surface area contributed by atoms with Crippen LogP contribution in [-0.2, 0) is 6.42 Å². The van der Waals surface area contributed by atoms with Gasteiger partial charge in [0.25, 0.3) is 5.91 Å². The van der Waals surface area contributed by atoms with E-state index in [1.165, 1.54) is 0 Å². The number of carbonyl (C=O) groups excluding carboxylic acids is 1. The predicted molar refractivity (Wildman–Crippen MR) is 109 cm³/mol. The first kappa shape index (κ1) is 19.0. The van der Waals surface area contributed by atoms with Gasteiger partial charge < -0.3 is 25.8 Å². The average Bonchev–Trinajstić information content (AvgIpc) is 3.26. The summed E-state index contributed by atoms with van der Waals surface area (Å²) in [7, 11) is 0. The Kier molecular flexibility index (Phi) is 5.37. The minimum atomic E-state index is -0.845. The molecule has 0 fully saturated rings. The Morgan fingerprint density at radius 1 is 1.25 bits per heavy atom. The zero-order valence-corrected chi connectivity index (χ0v) is 15.9. The Labute approximate surface area is 167 Å². The molecule has 1 unspecified atom stereocenters. The van der Waals surface area contributed by atoms with Gasteiger partial charge in [0.1, 0.15) is 5.69 Å². The third-order valence-electron chi connectivity index (χ3n) is 5.16. The Morgan fingerprint density at radius 2 is 2.07 bits per heavy atom. The molecule has 1 aliphatic rings. The van der Waals surface area contributed by atoms with Crippen LogP contribution in [-0.4, -0.2) is 46.4 Å². The van der Waals surface area contributed by atoms with Crippen LogP contribution in [0.2, 0.25) is 5.02 Å². The number of halogens is 1. The Morgan fingerprint density at radius 3 is 2.89 bits per heavy atom. The molecule has 0 bridgehead atoms. The lowest BCUT2D eigenvalue weighted by Gasteiger charge is -2.24. The van der Waals surface area contributed by atoms with Crippen LogP contribution >= 0.6 is 11.6 Å². The molecular weight excluding hydrogens is 378 g/mol. The summed E-state index contributed by atoms with van der Waals surface area (Å²) in [5.41, 5.74) is 3.58. The number of rotatable bonds is 6. The van der Waals surface area contributed by atoms with Crippen LogP contribution in [0.1, 0.15) is 27.7 Å². The fraction of sp³-hybridized carbons (Fsp3) is 0.286. The number of aliphatic hydroxyl groups excluding tert-OH is 2. The molecule has 4 rings (SSSR count). The lowest BCUT2D eigenvalue weighted by atomic mass is 10.1. The maximum Gasteiger partial charge on any atom is 0.268 e. The first-order valence-corrected chi connectivity index (χ1v) is 9.62. The quantitative estimate of drug-likeness (QED) is 0.439. The van der Waals surface area contributed by atoms with Crippen molar-refractivity contribution in [2.45, 2.75) is 24.6 Å². The molecule has 1 heterocycles. The van der Waals surface area contributed by atoms with Gasteiger partial charge in [0.15, 0.2) is 0 Å². The summed E-state index contributed by atoms with van der Waals surface area (Å²) in [5.74, 6) is -0.195. The van der Waals surface area contributed by atoms with Crippen LogP contribution in [0.4, 0.5) is 0 Å². The third kappa shape index (κ3) is 3.77. The van der Waals surface area contributed by atoms with Gasteiger partial charge in [0, 0.05) is 22.5 Å². The van der Waals surface area contributed by atoms with Crippen LogP contribution in [0.25, 0.3) is 10.9 Å². The summed E-state index contributed by atoms with van der Waals surface area (Å²) in [6.07, 6.45) is -0.150. The fourth-order valence-corrected chi connectivity index (χ4v) is 3.96. The number of benzene rings is 2. The molecule has 0 aliphatic heterocycles. The second-order valence-electron chi connectivity index (χ2n) is 7.12. The SMILES string of the molecule is O=C(NC1Cc2ccccc2[C@H]1NC[C@@H](O)CO)c1cc2cc(Cl)ccc2[nH]1. The highest BCUT2D eigenvalue weighted by Gasteiger charge is 2.33. The molecule has 1 aliphatic carbocycles. The Bertz CT molecular complexity index is 1000. The van der Waals surface area contributed by atoms with Crippen molar-refractivity contribution in [2.24, 2.45) is 0 Å². The van der Waals surface area contributed by atoms with Gasteiger partial charge in [-0.2, -0.15) is 0 Å². The van der Waals surface area contributed by atoms with Gasteiger partial charge in [0.05, 0.1) is 24.8 Å². The van der Waals surface area contributed by atoms with Gasteiger partial charge in [0.2, 0.25) is 0 Å². The summed E-state index contributed by atoms with van der Waals surface area (Å²) in [5, 5.41) is 26.7. The van der Waals surface area contributed by atoms with Gasteiger partial charge in [-0.05, 0) is 41.8 Å². The van der Waals surface area contributed by atoms with Crippen molar-refractivity contribution >= 4 is 28.4 Å². The predicted octanol–water partition coefficient (Wildman–Crippen LogP) is 2.16. The van der Waals surface area contributed by atoms with Gasteiger partial charge in [-0.25, -0.2) is 0 Å². The number of fused-ring (bicyclic) bond motifs is 2. The summed E-state index contributed by atoms with van der Waals surface area (Å²) < 4.78 is 0. The first-order valence-electron chi connectivity index (χ1n) is 9.24. The van der Waals surface area contributed by atoms with E-state index in [9.17, 15) is 9.90 Å². The summed E-state index contributed by atoms with van der Waals surface area (Å²) in [6.45, 7) is -0.0667. The number of hydrogen-bond donors (Lipinski definition) is 5. The average molecular weight is 400 g/mol. The van der Waals surface area contributed by atoms with Crippen molar-refractivity contribution in [1.29, 1.82) is 0 Å². The van der Waals surface area contributed by atoms with E-state index in [2.05, 4.69) is 15.6 Å². The van der Waals surface area contributed by atoms with E-state index in [0.29, 0.717) is 17.1 Å². The van der Waals surface area contributed by atoms with Gasteiger partial charge in [-0.15, -0.1) is 0 Å². The molecule has 0 saturated heterocycles. The highest BCUT2D eigenvalue weighted by atomic mass is 35.5. The molecule has 0 radical (unpaired) electrons. The van der Waals surface area contributed by atoms with E-state index in [-0.39, 0.29) is 31.1 Å². The van der Waals surface area contributed by atoms with Crippen molar-refractivity contribution in [1.82, 2.24) is 15.6 Å². The number of hydrogen-bond acceptors (Lipinski definition) is 4. The summed E-state index contributed by atoms with van der Waals surface area (Å²) in [6, 6.07) is 14.9. The molecule has 0 spiro atoms. The van der Waals surface area contributed by atoms with Gasteiger partial charge >= 0.3 is 0 Å². The molecule has 1 aromatic heterocycles. The van der Waals surface area contributed by atoms with Gasteiger partial charge in [-0.3, -0.25) is 4.79 Å². The number of aromatic nitrogens is 1. The molecule has 7 heteroatoms. The lowest BCUT2D eigenvalue weighted by molar-refractivity contribution is 0.0874. The maximum atomic E-state index is 12.9. The first-order chi connectivity index (χ1) is 13.5. The minimum absolute atomic E-state index is 0.139. The molecule has 3 aromatic rings. The van der Waals surface area contributed by atoms with Crippen LogP contribution in [0.15, 0.2) is 48.5 Å². The lowest BCUT2D eigenvalue weighted by Crippen LogP contribution is -2.44. The van der Waals surface area contributed by atoms with Crippen LogP contribution in [0.5, 0.6) is 0 Å². The number of carbonyl (C=O) groups is 1. The van der Waals surface area contributed by atoms with E-state index >= 15 is 0 Å². The van der Waals surface area contributed by atoms with Crippen molar-refractivity contribution in [3.8, 4) is 0 Å². The van der Waals surface area contributed by atoms with Crippen LogP contribution < -0.4 is 10.6 Å². The zero-order valence-electron chi connectivity index (χ0n) is 15.2. The Balaban J connectivity index is 1.53. The monoisotopic (exact) mass is 399 g/mol. The van der Waals surface area contributed by atoms with Crippen molar-refractivity contribution < 1.29 is 15.0 Å². The largest absolute Gasteiger partial charge is 0.394 e. The molecule has 1 amide bonds. The van der Waals surface area contributed by atoms with Gasteiger partial charge in [-0.1, -0.05) is 35.9 Å². The molecule has 5 N–H and O–H groups in total. The molecule has 6 nitrogen and oxygen atoms in total. The van der Waals surface area contributed by atoms with Crippen LogP contribution in [0.3, 0.4) is 0 Å². The number of amides is 1. The number of aliphatic hydroxyl groups is 2. The molecule has 3 atom stereocenters. The van der Waals surface area contributed by atoms with E-state index in [1.807, 2.05) is 36.4 Å². The zero-order chi connectivity index (χ0) is 19.7. The second kappa shape index (κ2) is 7.93. The summed E-state index contributed by atoms with van der Waals surface area (Å²) >= 11 is 6.03. The van der Waals surface area contributed by atoms with Crippen molar-refractivity contribution in [2.75, 3.05) is 13.2 Å². The molecule has 2 aromatic carbocycles. The highest BCUT2D eigenvalue weighted by Crippen LogP contribution is 2.31. The highest BCUT2D eigenvalue weighted by molar-refractivity contribution is 6.31. The molecule has 0 saturated carbocycles. The van der Waals surface area contributed by atoms with E-state index in [1.54, 1.807) is 12.1 Å². The van der Waals surface area contributed by atoms with Crippen LogP contribution in [0, 0.1) is 0 Å². The van der Waals surface area contributed by atoms with E-state index in [4.69, 9.17) is 16.7 Å². The number of H-pyrrole nitrogens is 1. The maximum absolute atomic E-state index is 12.9. The third-order valence-corrected chi connectivity index (χ3v) is 5.40. The smallest absolute Gasteiger partial charge is 0.268 e. The molecular formula is C21H22ClN3O3. The van der Waals surface area contributed by atoms with Crippen molar-refractivity contribution in [3.05, 3.63) is 70.4 Å². The molecule has 28 heavy (non-hydrogen) atoms. The molecule has 146 valence electrons. The normalized spacial score (nSPS) is 19.5. The van der Waals surface area contributed by atoms with Crippen molar-refractivity contribution in [3.63, 3.8) is 0 Å². The number of aromatic amines is 1. The summed E-state index contributed by atoms with van der Waals surface area (Å²) in [4.78, 5) is 16.0. The Hall–Kier alpha value is -2.38.